The number of rotatable bonds is 4. The molecule has 2 rings (SSSR count). The monoisotopic (exact) mass is 290 g/mol. The molecule has 2 N–H and O–H groups in total. The lowest BCUT2D eigenvalue weighted by atomic mass is 9.93. The summed E-state index contributed by atoms with van der Waals surface area (Å²) in [5.41, 5.74) is 3.10. The molecular weight excluding hydrogens is 264 g/mol. The molecular formula is C17H26N2O2. The van der Waals surface area contributed by atoms with Crippen molar-refractivity contribution >= 4 is 11.6 Å². The van der Waals surface area contributed by atoms with E-state index in [9.17, 15) is 9.90 Å². The van der Waals surface area contributed by atoms with Gasteiger partial charge < -0.3 is 10.4 Å². The number of hydrogen-bond acceptors (Lipinski definition) is 3. The van der Waals surface area contributed by atoms with Crippen LogP contribution in [0.1, 0.15) is 30.9 Å². The first-order valence-electron chi connectivity index (χ1n) is 7.74. The number of aliphatic hydroxyl groups is 1. The Kier molecular flexibility index (Phi) is 5.37. The third-order valence-electron chi connectivity index (χ3n) is 4.34. The molecule has 1 heterocycles. The normalized spacial score (nSPS) is 21.0. The highest BCUT2D eigenvalue weighted by molar-refractivity contribution is 5.93. The van der Waals surface area contributed by atoms with Gasteiger partial charge in [0.05, 0.1) is 12.6 Å². The predicted octanol–water partition coefficient (Wildman–Crippen LogP) is 2.33. The number of anilines is 1. The smallest absolute Gasteiger partial charge is 0.238 e. The summed E-state index contributed by atoms with van der Waals surface area (Å²) < 4.78 is 0. The number of hydrogen-bond donors (Lipinski definition) is 2. The molecule has 4 heteroatoms. The lowest BCUT2D eigenvalue weighted by Crippen LogP contribution is -2.43. The molecule has 1 aromatic rings. The van der Waals surface area contributed by atoms with Crippen LogP contribution < -0.4 is 5.32 Å². The van der Waals surface area contributed by atoms with Crippen LogP contribution in [0.3, 0.4) is 0 Å². The number of para-hydroxylation sites is 1. The van der Waals surface area contributed by atoms with Crippen molar-refractivity contribution < 1.29 is 9.90 Å². The summed E-state index contributed by atoms with van der Waals surface area (Å²) in [6.45, 7) is 7.99. The molecule has 0 bridgehead atoms. The first-order valence-corrected chi connectivity index (χ1v) is 7.74. The second-order valence-electron chi connectivity index (χ2n) is 6.19. The summed E-state index contributed by atoms with van der Waals surface area (Å²) in [4.78, 5) is 14.4. The quantitative estimate of drug-likeness (QED) is 0.895. The molecule has 0 radical (unpaired) electrons. The SMILES string of the molecule is Cc1cccc(C)c1NC(=O)CN1CCCC(C(C)O)C1. The Morgan fingerprint density at radius 2 is 2.10 bits per heavy atom. The van der Waals surface area contributed by atoms with Crippen molar-refractivity contribution in [3.63, 3.8) is 0 Å². The first-order chi connectivity index (χ1) is 9.97. The van der Waals surface area contributed by atoms with E-state index >= 15 is 0 Å². The van der Waals surface area contributed by atoms with E-state index in [4.69, 9.17) is 0 Å². The molecule has 1 fully saturated rings. The minimum Gasteiger partial charge on any atom is -0.393 e. The second kappa shape index (κ2) is 7.05. The van der Waals surface area contributed by atoms with Crippen LogP contribution in [0.5, 0.6) is 0 Å². The van der Waals surface area contributed by atoms with Crippen molar-refractivity contribution in [3.05, 3.63) is 29.3 Å². The van der Waals surface area contributed by atoms with Crippen LogP contribution in [-0.4, -0.2) is 41.7 Å². The molecule has 1 amide bonds. The van der Waals surface area contributed by atoms with Gasteiger partial charge in [-0.15, -0.1) is 0 Å². The number of benzene rings is 1. The topological polar surface area (TPSA) is 52.6 Å². The lowest BCUT2D eigenvalue weighted by molar-refractivity contribution is -0.118. The number of nitrogens with one attached hydrogen (secondary N) is 1. The number of aliphatic hydroxyl groups excluding tert-OH is 1. The molecule has 0 aromatic heterocycles. The summed E-state index contributed by atoms with van der Waals surface area (Å²) in [6.07, 6.45) is 1.80. The third-order valence-corrected chi connectivity index (χ3v) is 4.34. The Morgan fingerprint density at radius 3 is 2.71 bits per heavy atom. The zero-order valence-electron chi connectivity index (χ0n) is 13.2. The molecule has 1 aliphatic heterocycles. The molecule has 1 aliphatic rings. The van der Waals surface area contributed by atoms with Gasteiger partial charge in [0.15, 0.2) is 0 Å². The highest BCUT2D eigenvalue weighted by Crippen LogP contribution is 2.21. The van der Waals surface area contributed by atoms with Crippen LogP contribution in [0.2, 0.25) is 0 Å². The van der Waals surface area contributed by atoms with Crippen molar-refractivity contribution in [2.75, 3.05) is 25.0 Å². The number of amides is 1. The fourth-order valence-electron chi connectivity index (χ4n) is 3.02. The van der Waals surface area contributed by atoms with Crippen molar-refractivity contribution in [2.24, 2.45) is 5.92 Å². The second-order valence-corrected chi connectivity index (χ2v) is 6.19. The minimum atomic E-state index is -0.297. The van der Waals surface area contributed by atoms with E-state index in [0.29, 0.717) is 6.54 Å². The standard InChI is InChI=1S/C17H26N2O2/c1-12-6-4-7-13(2)17(12)18-16(21)11-19-9-5-8-15(10-19)14(3)20/h4,6-7,14-15,20H,5,8-11H2,1-3H3,(H,18,21). The van der Waals surface area contributed by atoms with E-state index in [-0.39, 0.29) is 17.9 Å². The van der Waals surface area contributed by atoms with Gasteiger partial charge in [0, 0.05) is 12.2 Å². The van der Waals surface area contributed by atoms with E-state index < -0.39 is 0 Å². The zero-order valence-corrected chi connectivity index (χ0v) is 13.2. The molecule has 21 heavy (non-hydrogen) atoms. The molecule has 2 unspecified atom stereocenters. The van der Waals surface area contributed by atoms with Crippen molar-refractivity contribution in [1.82, 2.24) is 4.90 Å². The van der Waals surface area contributed by atoms with Crippen LogP contribution in [-0.2, 0) is 4.79 Å². The molecule has 4 nitrogen and oxygen atoms in total. The van der Waals surface area contributed by atoms with Crippen LogP contribution in [0.25, 0.3) is 0 Å². The van der Waals surface area contributed by atoms with E-state index in [1.54, 1.807) is 0 Å². The van der Waals surface area contributed by atoms with Gasteiger partial charge in [-0.05, 0) is 57.2 Å². The van der Waals surface area contributed by atoms with Gasteiger partial charge >= 0.3 is 0 Å². The lowest BCUT2D eigenvalue weighted by Gasteiger charge is -2.33. The summed E-state index contributed by atoms with van der Waals surface area (Å²) >= 11 is 0. The van der Waals surface area contributed by atoms with Gasteiger partial charge in [-0.1, -0.05) is 18.2 Å². The molecule has 2 atom stereocenters. The molecule has 116 valence electrons. The Bertz CT molecular complexity index is 479. The number of nitrogens with zero attached hydrogens (tertiary/aromatic N) is 1. The minimum absolute atomic E-state index is 0.0265. The number of piperidine rings is 1. The Labute approximate surface area is 127 Å². The van der Waals surface area contributed by atoms with Gasteiger partial charge in [-0.25, -0.2) is 0 Å². The van der Waals surface area contributed by atoms with Gasteiger partial charge in [0.1, 0.15) is 0 Å². The number of carbonyl (C=O) groups is 1. The predicted molar refractivity (Wildman–Crippen MR) is 85.4 cm³/mol. The summed E-state index contributed by atoms with van der Waals surface area (Å²) in [5.74, 6) is 0.311. The molecule has 0 aliphatic carbocycles. The maximum Gasteiger partial charge on any atom is 0.238 e. The summed E-state index contributed by atoms with van der Waals surface area (Å²) in [6, 6.07) is 6.01. The van der Waals surface area contributed by atoms with Crippen LogP contribution in [0, 0.1) is 19.8 Å². The van der Waals surface area contributed by atoms with Crippen molar-refractivity contribution in [1.29, 1.82) is 0 Å². The average Bonchev–Trinajstić information content (AvgIpc) is 2.43. The van der Waals surface area contributed by atoms with Gasteiger partial charge in [0.2, 0.25) is 5.91 Å². The number of likely N-dealkylation sites (tertiary alicyclic amines) is 1. The molecule has 1 saturated heterocycles. The summed E-state index contributed by atoms with van der Waals surface area (Å²) in [5, 5.41) is 12.7. The number of carbonyl (C=O) groups excluding carboxylic acids is 1. The largest absolute Gasteiger partial charge is 0.393 e. The van der Waals surface area contributed by atoms with Crippen LogP contribution in [0.4, 0.5) is 5.69 Å². The van der Waals surface area contributed by atoms with Crippen molar-refractivity contribution in [3.8, 4) is 0 Å². The van der Waals surface area contributed by atoms with Crippen LogP contribution in [0.15, 0.2) is 18.2 Å². The van der Waals surface area contributed by atoms with Gasteiger partial charge in [0.25, 0.3) is 0 Å². The molecule has 0 saturated carbocycles. The molecule has 1 aromatic carbocycles. The Hall–Kier alpha value is -1.39. The Morgan fingerprint density at radius 1 is 1.43 bits per heavy atom. The fourth-order valence-corrected chi connectivity index (χ4v) is 3.02. The van der Waals surface area contributed by atoms with Gasteiger partial charge in [-0.3, -0.25) is 9.69 Å². The van der Waals surface area contributed by atoms with E-state index in [2.05, 4.69) is 10.2 Å². The highest BCUT2D eigenvalue weighted by Gasteiger charge is 2.24. The number of aryl methyl sites for hydroxylation is 2. The average molecular weight is 290 g/mol. The first kappa shape index (κ1) is 16.0. The maximum absolute atomic E-state index is 12.2. The third kappa shape index (κ3) is 4.29. The van der Waals surface area contributed by atoms with Crippen molar-refractivity contribution in [2.45, 2.75) is 39.7 Å². The zero-order chi connectivity index (χ0) is 15.4. The highest BCUT2D eigenvalue weighted by atomic mass is 16.3. The molecule has 0 spiro atoms. The maximum atomic E-state index is 12.2. The van der Waals surface area contributed by atoms with Crippen LogP contribution >= 0.6 is 0 Å². The van der Waals surface area contributed by atoms with E-state index in [0.717, 1.165) is 42.7 Å². The summed E-state index contributed by atoms with van der Waals surface area (Å²) in [7, 11) is 0. The van der Waals surface area contributed by atoms with Gasteiger partial charge in [-0.2, -0.15) is 0 Å². The fraction of sp³-hybridized carbons (Fsp3) is 0.588. The van der Waals surface area contributed by atoms with E-state index in [1.165, 1.54) is 0 Å². The van der Waals surface area contributed by atoms with E-state index in [1.807, 2.05) is 39.0 Å². The Balaban J connectivity index is 1.93.